The number of benzene rings is 1. The Labute approximate surface area is 116 Å². The van der Waals surface area contributed by atoms with Crippen LogP contribution in [0.4, 0.5) is 4.39 Å². The van der Waals surface area contributed by atoms with Gasteiger partial charge in [-0.2, -0.15) is 0 Å². The van der Waals surface area contributed by atoms with Crippen molar-refractivity contribution < 1.29 is 17.6 Å². The van der Waals surface area contributed by atoms with Crippen molar-refractivity contribution >= 4 is 27.4 Å². The molecule has 0 aromatic heterocycles. The van der Waals surface area contributed by atoms with Gasteiger partial charge < -0.3 is 0 Å². The monoisotopic (exact) mass is 305 g/mol. The summed E-state index contributed by atoms with van der Waals surface area (Å²) in [6.07, 6.45) is 1.66. The first-order valence-corrected chi connectivity index (χ1v) is 7.74. The van der Waals surface area contributed by atoms with E-state index >= 15 is 0 Å². The second-order valence-electron chi connectivity index (χ2n) is 4.51. The van der Waals surface area contributed by atoms with Gasteiger partial charge >= 0.3 is 0 Å². The van der Waals surface area contributed by atoms with Gasteiger partial charge in [0.2, 0.25) is 10.0 Å². The summed E-state index contributed by atoms with van der Waals surface area (Å²) in [5.74, 6) is -0.525. The summed E-state index contributed by atoms with van der Waals surface area (Å²) in [4.78, 5) is 10.8. The molecule has 1 N–H and O–H groups in total. The molecule has 0 spiro atoms. The van der Waals surface area contributed by atoms with E-state index in [-0.39, 0.29) is 21.7 Å². The summed E-state index contributed by atoms with van der Waals surface area (Å²) < 4.78 is 39.8. The Hall–Kier alpha value is -0.980. The van der Waals surface area contributed by atoms with Crippen molar-refractivity contribution in [1.82, 2.24) is 4.72 Å². The van der Waals surface area contributed by atoms with Crippen LogP contribution in [-0.2, 0) is 14.8 Å². The first kappa shape index (κ1) is 14.4. The summed E-state index contributed by atoms with van der Waals surface area (Å²) in [6, 6.07) is 2.89. The van der Waals surface area contributed by atoms with Crippen LogP contribution in [0.5, 0.6) is 0 Å². The van der Waals surface area contributed by atoms with Crippen molar-refractivity contribution in [2.75, 3.05) is 0 Å². The minimum atomic E-state index is -3.86. The molecule has 0 saturated heterocycles. The maximum absolute atomic E-state index is 13.1. The highest BCUT2D eigenvalue weighted by Crippen LogP contribution is 2.24. The van der Waals surface area contributed by atoms with Gasteiger partial charge in [-0.15, -0.1) is 0 Å². The Morgan fingerprint density at radius 2 is 1.89 bits per heavy atom. The van der Waals surface area contributed by atoms with Gasteiger partial charge in [-0.1, -0.05) is 11.6 Å². The van der Waals surface area contributed by atoms with Crippen LogP contribution in [0.15, 0.2) is 23.1 Å². The van der Waals surface area contributed by atoms with E-state index in [4.69, 9.17) is 11.6 Å². The predicted molar refractivity (Wildman–Crippen MR) is 69.0 cm³/mol. The van der Waals surface area contributed by atoms with Crippen molar-refractivity contribution in [2.24, 2.45) is 0 Å². The lowest BCUT2D eigenvalue weighted by Crippen LogP contribution is -2.37. The minimum absolute atomic E-state index is 0.0271. The van der Waals surface area contributed by atoms with E-state index in [2.05, 4.69) is 4.72 Å². The van der Waals surface area contributed by atoms with Gasteiger partial charge in [0.15, 0.2) is 0 Å². The highest BCUT2D eigenvalue weighted by Gasteiger charge is 2.26. The number of sulfonamides is 1. The molecule has 19 heavy (non-hydrogen) atoms. The average Bonchev–Trinajstić information content (AvgIpc) is 2.35. The predicted octanol–water partition coefficient (Wildman–Crippen LogP) is 2.27. The average molecular weight is 306 g/mol. The molecule has 0 bridgehead atoms. The normalized spacial score (nSPS) is 17.7. The van der Waals surface area contributed by atoms with E-state index in [1.54, 1.807) is 0 Å². The third-order valence-corrected chi connectivity index (χ3v) is 5.05. The van der Waals surface area contributed by atoms with Crippen LogP contribution in [0, 0.1) is 5.82 Å². The molecule has 0 heterocycles. The molecular formula is C12H13ClFNO3S. The molecule has 1 saturated carbocycles. The maximum Gasteiger partial charge on any atom is 0.242 e. The molecule has 4 nitrogen and oxygen atoms in total. The molecule has 0 aliphatic heterocycles. The number of hydrogen-bond donors (Lipinski definition) is 1. The number of carbonyl (C=O) groups is 1. The summed E-state index contributed by atoms with van der Waals surface area (Å²) >= 11 is 5.78. The number of ketones is 1. The number of nitrogens with one attached hydrogen (secondary N) is 1. The zero-order chi connectivity index (χ0) is 14.0. The SMILES string of the molecule is O=C1CCC(NS(=O)(=O)c2cc(F)ccc2Cl)CC1. The largest absolute Gasteiger partial charge is 0.300 e. The summed E-state index contributed by atoms with van der Waals surface area (Å²) in [6.45, 7) is 0. The lowest BCUT2D eigenvalue weighted by molar-refractivity contribution is -0.120. The third-order valence-electron chi connectivity index (χ3n) is 3.05. The first-order chi connectivity index (χ1) is 8.88. The fraction of sp³-hybridized carbons (Fsp3) is 0.417. The van der Waals surface area contributed by atoms with Crippen molar-refractivity contribution in [3.63, 3.8) is 0 Å². The fourth-order valence-corrected chi connectivity index (χ4v) is 3.84. The van der Waals surface area contributed by atoms with Gasteiger partial charge in [-0.25, -0.2) is 17.5 Å². The van der Waals surface area contributed by atoms with Crippen LogP contribution in [0.3, 0.4) is 0 Å². The van der Waals surface area contributed by atoms with Crippen LogP contribution in [-0.4, -0.2) is 20.2 Å². The Bertz CT molecular complexity index is 593. The molecule has 7 heteroatoms. The van der Waals surface area contributed by atoms with Crippen LogP contribution in [0.1, 0.15) is 25.7 Å². The highest BCUT2D eigenvalue weighted by atomic mass is 35.5. The smallest absolute Gasteiger partial charge is 0.242 e. The lowest BCUT2D eigenvalue weighted by atomic mass is 9.95. The van der Waals surface area contributed by atoms with Gasteiger partial charge in [0, 0.05) is 18.9 Å². The van der Waals surface area contributed by atoms with Gasteiger partial charge in [0.1, 0.15) is 16.5 Å². The Morgan fingerprint density at radius 3 is 2.53 bits per heavy atom. The van der Waals surface area contributed by atoms with Crippen molar-refractivity contribution in [2.45, 2.75) is 36.6 Å². The molecule has 1 aromatic rings. The standard InChI is InChI=1S/C12H13ClFNO3S/c13-11-6-1-8(14)7-12(11)19(17,18)15-9-2-4-10(16)5-3-9/h1,6-7,9,15H,2-5H2. The molecule has 1 aliphatic carbocycles. The Kier molecular flexibility index (Phi) is 4.23. The van der Waals surface area contributed by atoms with E-state index < -0.39 is 15.8 Å². The van der Waals surface area contributed by atoms with Gasteiger partial charge in [0.05, 0.1) is 5.02 Å². The van der Waals surface area contributed by atoms with Crippen LogP contribution in [0.2, 0.25) is 5.02 Å². The number of rotatable bonds is 3. The molecule has 0 radical (unpaired) electrons. The topological polar surface area (TPSA) is 63.2 Å². The molecule has 1 aromatic carbocycles. The number of hydrogen-bond acceptors (Lipinski definition) is 3. The van der Waals surface area contributed by atoms with Crippen LogP contribution in [0.25, 0.3) is 0 Å². The van der Waals surface area contributed by atoms with E-state index in [1.165, 1.54) is 6.07 Å². The lowest BCUT2D eigenvalue weighted by Gasteiger charge is -2.22. The molecule has 2 rings (SSSR count). The first-order valence-electron chi connectivity index (χ1n) is 5.87. The van der Waals surface area contributed by atoms with Crippen LogP contribution >= 0.6 is 11.6 Å². The molecular weight excluding hydrogens is 293 g/mol. The molecule has 104 valence electrons. The van der Waals surface area contributed by atoms with Gasteiger partial charge in [0.25, 0.3) is 0 Å². The molecule has 0 unspecified atom stereocenters. The molecule has 1 aliphatic rings. The highest BCUT2D eigenvalue weighted by molar-refractivity contribution is 7.89. The Balaban J connectivity index is 2.18. The minimum Gasteiger partial charge on any atom is -0.300 e. The van der Waals surface area contributed by atoms with Crippen molar-refractivity contribution in [1.29, 1.82) is 0 Å². The van der Waals surface area contributed by atoms with E-state index in [1.807, 2.05) is 0 Å². The molecule has 1 fully saturated rings. The van der Waals surface area contributed by atoms with Crippen molar-refractivity contribution in [3.05, 3.63) is 29.0 Å². The van der Waals surface area contributed by atoms with Gasteiger partial charge in [-0.05, 0) is 31.0 Å². The zero-order valence-corrected chi connectivity index (χ0v) is 11.6. The summed E-state index contributed by atoms with van der Waals surface area (Å²) in [7, 11) is -3.86. The third kappa shape index (κ3) is 3.52. The van der Waals surface area contributed by atoms with Crippen LogP contribution < -0.4 is 4.72 Å². The Morgan fingerprint density at radius 1 is 1.26 bits per heavy atom. The fourth-order valence-electron chi connectivity index (χ4n) is 2.02. The van der Waals surface area contributed by atoms with E-state index in [9.17, 15) is 17.6 Å². The second kappa shape index (κ2) is 5.56. The number of carbonyl (C=O) groups excluding carboxylic acids is 1. The molecule has 0 atom stereocenters. The summed E-state index contributed by atoms with van der Waals surface area (Å²) in [5, 5.41) is -0.0271. The van der Waals surface area contributed by atoms with Gasteiger partial charge in [-0.3, -0.25) is 4.79 Å². The summed E-state index contributed by atoms with van der Waals surface area (Å²) in [5.41, 5.74) is 0. The van der Waals surface area contributed by atoms with E-state index in [0.717, 1.165) is 12.1 Å². The quantitative estimate of drug-likeness (QED) is 0.931. The maximum atomic E-state index is 13.1. The second-order valence-corrected chi connectivity index (χ2v) is 6.60. The van der Waals surface area contributed by atoms with Crippen molar-refractivity contribution in [3.8, 4) is 0 Å². The number of Topliss-reactive ketones (excluding diaryl/α,β-unsaturated/α-hetero) is 1. The molecule has 0 amide bonds. The zero-order valence-electron chi connectivity index (χ0n) is 10.0. The van der Waals surface area contributed by atoms with E-state index in [0.29, 0.717) is 25.7 Å². The number of halogens is 2.